The lowest BCUT2D eigenvalue weighted by molar-refractivity contribution is -0.0566. The second-order valence-corrected chi connectivity index (χ2v) is 4.57. The van der Waals surface area contributed by atoms with Gasteiger partial charge in [-0.25, -0.2) is 0 Å². The van der Waals surface area contributed by atoms with Gasteiger partial charge in [0, 0.05) is 19.1 Å². The smallest absolute Gasteiger partial charge is 0.0804 e. The number of hydrogen-bond donors (Lipinski definition) is 1. The maximum Gasteiger partial charge on any atom is 0.0804 e. The molecule has 2 heteroatoms. The number of ether oxygens (including phenoxy) is 1. The highest BCUT2D eigenvalue weighted by molar-refractivity contribution is 4.98. The molecule has 0 aliphatic carbocycles. The van der Waals surface area contributed by atoms with Crippen molar-refractivity contribution < 1.29 is 4.74 Å². The van der Waals surface area contributed by atoms with Crippen LogP contribution in [0.1, 0.15) is 60.3 Å². The largest absolute Gasteiger partial charge is 0.374 e. The topological polar surface area (TPSA) is 21.3 Å². The Hall–Kier alpha value is -0.520. The first-order valence-corrected chi connectivity index (χ1v) is 6.91. The van der Waals surface area contributed by atoms with Gasteiger partial charge < -0.3 is 10.1 Å². The third-order valence-electron chi connectivity index (χ3n) is 3.29. The number of nitrogens with one attached hydrogen (secondary N) is 1. The van der Waals surface area contributed by atoms with Crippen molar-refractivity contribution in [3.05, 3.63) is 0 Å². The molecule has 0 amide bonds. The molecule has 0 aromatic rings. The fraction of sp³-hybridized carbons (Fsp3) is 0.867. The van der Waals surface area contributed by atoms with Crippen molar-refractivity contribution in [2.24, 2.45) is 0 Å². The van der Waals surface area contributed by atoms with E-state index >= 15 is 0 Å². The van der Waals surface area contributed by atoms with Gasteiger partial charge in [0.25, 0.3) is 0 Å². The van der Waals surface area contributed by atoms with Crippen LogP contribution in [-0.4, -0.2) is 24.8 Å². The Bertz CT molecular complexity index is 241. The fourth-order valence-corrected chi connectivity index (χ4v) is 2.06. The zero-order valence-electron chi connectivity index (χ0n) is 12.2. The van der Waals surface area contributed by atoms with Gasteiger partial charge in [0.05, 0.1) is 5.60 Å². The molecular weight excluding hydrogens is 210 g/mol. The van der Waals surface area contributed by atoms with E-state index in [1.807, 2.05) is 6.92 Å². The maximum absolute atomic E-state index is 5.96. The van der Waals surface area contributed by atoms with E-state index in [2.05, 4.69) is 44.9 Å². The summed E-state index contributed by atoms with van der Waals surface area (Å²) < 4.78 is 5.96. The normalized spacial score (nSPS) is 15.8. The molecule has 2 atom stereocenters. The first-order chi connectivity index (χ1) is 8.14. The van der Waals surface area contributed by atoms with Crippen LogP contribution < -0.4 is 5.32 Å². The second kappa shape index (κ2) is 9.50. The highest BCUT2D eigenvalue weighted by Crippen LogP contribution is 2.23. The summed E-state index contributed by atoms with van der Waals surface area (Å²) in [6, 6.07) is 0.397. The lowest BCUT2D eigenvalue weighted by Gasteiger charge is -2.37. The molecule has 0 saturated heterocycles. The highest BCUT2D eigenvalue weighted by Gasteiger charge is 2.32. The zero-order chi connectivity index (χ0) is 13.1. The van der Waals surface area contributed by atoms with Gasteiger partial charge in [-0.1, -0.05) is 13.8 Å². The summed E-state index contributed by atoms with van der Waals surface area (Å²) in [5.74, 6) is 6.11. The van der Waals surface area contributed by atoms with Crippen LogP contribution in [0.4, 0.5) is 0 Å². The quantitative estimate of drug-likeness (QED) is 0.623. The third-order valence-corrected chi connectivity index (χ3v) is 3.29. The van der Waals surface area contributed by atoms with E-state index in [0.717, 1.165) is 38.8 Å². The lowest BCUT2D eigenvalue weighted by atomic mass is 9.89. The van der Waals surface area contributed by atoms with E-state index in [0.29, 0.717) is 6.04 Å². The molecule has 100 valence electrons. The summed E-state index contributed by atoms with van der Waals surface area (Å²) in [6.07, 6.45) is 4.19. The maximum atomic E-state index is 5.96. The van der Waals surface area contributed by atoms with Gasteiger partial charge >= 0.3 is 0 Å². The zero-order valence-corrected chi connectivity index (χ0v) is 12.2. The SMILES string of the molecule is CC#CCCC(NCCC)C(C)(CC)OCC. The Morgan fingerprint density at radius 2 is 2.00 bits per heavy atom. The van der Waals surface area contributed by atoms with Crippen LogP contribution in [-0.2, 0) is 4.74 Å². The third kappa shape index (κ3) is 6.10. The van der Waals surface area contributed by atoms with Gasteiger partial charge in [0.1, 0.15) is 0 Å². The van der Waals surface area contributed by atoms with E-state index in [9.17, 15) is 0 Å². The van der Waals surface area contributed by atoms with Crippen molar-refractivity contribution in [3.8, 4) is 11.8 Å². The lowest BCUT2D eigenvalue weighted by Crippen LogP contribution is -2.50. The number of rotatable bonds is 9. The molecule has 0 aliphatic rings. The summed E-state index contributed by atoms with van der Waals surface area (Å²) in [6.45, 7) is 12.4. The first kappa shape index (κ1) is 16.5. The summed E-state index contributed by atoms with van der Waals surface area (Å²) in [5.41, 5.74) is -0.0701. The van der Waals surface area contributed by atoms with Gasteiger partial charge in [0.2, 0.25) is 0 Å². The Morgan fingerprint density at radius 3 is 2.47 bits per heavy atom. The minimum atomic E-state index is -0.0701. The van der Waals surface area contributed by atoms with E-state index < -0.39 is 0 Å². The molecule has 0 spiro atoms. The molecule has 0 fully saturated rings. The van der Waals surface area contributed by atoms with Crippen molar-refractivity contribution in [2.75, 3.05) is 13.2 Å². The van der Waals surface area contributed by atoms with Crippen LogP contribution in [0, 0.1) is 11.8 Å². The molecule has 0 aromatic heterocycles. The predicted octanol–water partition coefficient (Wildman–Crippen LogP) is 3.36. The van der Waals surface area contributed by atoms with Gasteiger partial charge in [-0.2, -0.15) is 0 Å². The van der Waals surface area contributed by atoms with Crippen molar-refractivity contribution in [1.29, 1.82) is 0 Å². The van der Waals surface area contributed by atoms with Crippen LogP contribution in [0.25, 0.3) is 0 Å². The molecule has 17 heavy (non-hydrogen) atoms. The Kier molecular flexibility index (Phi) is 9.21. The summed E-state index contributed by atoms with van der Waals surface area (Å²) in [5, 5.41) is 3.61. The highest BCUT2D eigenvalue weighted by atomic mass is 16.5. The van der Waals surface area contributed by atoms with Crippen LogP contribution in [0.2, 0.25) is 0 Å². The fourth-order valence-electron chi connectivity index (χ4n) is 2.06. The molecular formula is C15H29NO. The summed E-state index contributed by atoms with van der Waals surface area (Å²) in [4.78, 5) is 0. The van der Waals surface area contributed by atoms with E-state index in [1.165, 1.54) is 0 Å². The van der Waals surface area contributed by atoms with Crippen molar-refractivity contribution in [3.63, 3.8) is 0 Å². The average Bonchev–Trinajstić information content (AvgIpc) is 2.33. The summed E-state index contributed by atoms with van der Waals surface area (Å²) in [7, 11) is 0. The molecule has 0 bridgehead atoms. The van der Waals surface area contributed by atoms with Gasteiger partial charge in [0.15, 0.2) is 0 Å². The molecule has 0 heterocycles. The van der Waals surface area contributed by atoms with Crippen LogP contribution in [0.3, 0.4) is 0 Å². The standard InChI is InChI=1S/C15H29NO/c1-6-10-11-12-14(16-13-7-2)15(5,8-3)17-9-4/h14,16H,7-9,11-13H2,1-5H3. The molecule has 0 rings (SSSR count). The van der Waals surface area contributed by atoms with Gasteiger partial charge in [-0.3, -0.25) is 0 Å². The second-order valence-electron chi connectivity index (χ2n) is 4.57. The minimum absolute atomic E-state index is 0.0701. The molecule has 2 nitrogen and oxygen atoms in total. The molecule has 1 N–H and O–H groups in total. The minimum Gasteiger partial charge on any atom is -0.374 e. The monoisotopic (exact) mass is 239 g/mol. The Morgan fingerprint density at radius 1 is 1.29 bits per heavy atom. The average molecular weight is 239 g/mol. The van der Waals surface area contributed by atoms with Crippen LogP contribution in [0.5, 0.6) is 0 Å². The van der Waals surface area contributed by atoms with Gasteiger partial charge in [-0.05, 0) is 46.6 Å². The van der Waals surface area contributed by atoms with Gasteiger partial charge in [-0.15, -0.1) is 11.8 Å². The van der Waals surface area contributed by atoms with Crippen LogP contribution in [0.15, 0.2) is 0 Å². The molecule has 2 unspecified atom stereocenters. The molecule has 0 aliphatic heterocycles. The van der Waals surface area contributed by atoms with Crippen molar-refractivity contribution in [2.45, 2.75) is 71.9 Å². The Balaban J connectivity index is 4.52. The van der Waals surface area contributed by atoms with E-state index in [4.69, 9.17) is 4.74 Å². The van der Waals surface area contributed by atoms with E-state index in [-0.39, 0.29) is 5.60 Å². The number of hydrogen-bond acceptors (Lipinski definition) is 2. The first-order valence-electron chi connectivity index (χ1n) is 6.91. The van der Waals surface area contributed by atoms with E-state index in [1.54, 1.807) is 0 Å². The van der Waals surface area contributed by atoms with Crippen molar-refractivity contribution in [1.82, 2.24) is 5.32 Å². The van der Waals surface area contributed by atoms with Crippen LogP contribution >= 0.6 is 0 Å². The molecule has 0 aromatic carbocycles. The predicted molar refractivity (Wildman–Crippen MR) is 75.1 cm³/mol. The van der Waals surface area contributed by atoms with Crippen molar-refractivity contribution >= 4 is 0 Å². The molecule has 0 saturated carbocycles. The Labute approximate surface area is 108 Å². The molecule has 0 radical (unpaired) electrons. The summed E-state index contributed by atoms with van der Waals surface area (Å²) >= 11 is 0.